The Kier molecular flexibility index (Phi) is 5.22. The van der Waals surface area contributed by atoms with Gasteiger partial charge in [-0.05, 0) is 42.8 Å². The highest BCUT2D eigenvalue weighted by molar-refractivity contribution is 7.91. The predicted molar refractivity (Wildman–Crippen MR) is 111 cm³/mol. The SMILES string of the molecule is Cc1ccc(S(=O)(=O)c2cnc3cc(Cl)ccc3c2N2CCOCC2)cc1Cl. The highest BCUT2D eigenvalue weighted by Crippen LogP contribution is 2.37. The first-order valence-electron chi connectivity index (χ1n) is 8.80. The van der Waals surface area contributed by atoms with Crippen molar-refractivity contribution in [2.75, 3.05) is 31.2 Å². The first kappa shape index (κ1) is 19.5. The van der Waals surface area contributed by atoms with Crippen molar-refractivity contribution in [1.82, 2.24) is 4.98 Å². The zero-order valence-corrected chi connectivity index (χ0v) is 17.5. The number of ether oxygens (including phenoxy) is 1. The van der Waals surface area contributed by atoms with Crippen molar-refractivity contribution in [3.05, 3.63) is 58.2 Å². The summed E-state index contributed by atoms with van der Waals surface area (Å²) in [6, 6.07) is 10.1. The van der Waals surface area contributed by atoms with E-state index in [0.717, 1.165) is 10.9 Å². The van der Waals surface area contributed by atoms with Gasteiger partial charge in [0.15, 0.2) is 0 Å². The van der Waals surface area contributed by atoms with E-state index in [2.05, 4.69) is 4.98 Å². The molecule has 3 aromatic rings. The lowest BCUT2D eigenvalue weighted by molar-refractivity contribution is 0.122. The third kappa shape index (κ3) is 3.46. The summed E-state index contributed by atoms with van der Waals surface area (Å²) in [5.74, 6) is 0. The lowest BCUT2D eigenvalue weighted by Gasteiger charge is -2.31. The molecule has 1 aliphatic heterocycles. The minimum absolute atomic E-state index is 0.146. The number of halogens is 2. The Bertz CT molecular complexity index is 1160. The van der Waals surface area contributed by atoms with Crippen molar-refractivity contribution >= 4 is 49.6 Å². The van der Waals surface area contributed by atoms with Crippen molar-refractivity contribution in [2.24, 2.45) is 0 Å². The molecule has 0 amide bonds. The monoisotopic (exact) mass is 436 g/mol. The van der Waals surface area contributed by atoms with E-state index in [9.17, 15) is 8.42 Å². The fraction of sp³-hybridized carbons (Fsp3) is 0.250. The Hall–Kier alpha value is -1.86. The molecule has 2 aromatic carbocycles. The minimum Gasteiger partial charge on any atom is -0.378 e. The van der Waals surface area contributed by atoms with Crippen molar-refractivity contribution in [3.63, 3.8) is 0 Å². The second-order valence-corrected chi connectivity index (χ2v) is 9.41. The van der Waals surface area contributed by atoms with Gasteiger partial charge < -0.3 is 9.64 Å². The van der Waals surface area contributed by atoms with E-state index in [1.807, 2.05) is 17.9 Å². The molecule has 2 heterocycles. The maximum absolute atomic E-state index is 13.5. The van der Waals surface area contributed by atoms with Crippen LogP contribution in [0.15, 0.2) is 52.4 Å². The summed E-state index contributed by atoms with van der Waals surface area (Å²) >= 11 is 12.3. The number of sulfone groups is 1. The second kappa shape index (κ2) is 7.52. The van der Waals surface area contributed by atoms with Crippen LogP contribution in [0.25, 0.3) is 10.9 Å². The quantitative estimate of drug-likeness (QED) is 0.603. The van der Waals surface area contributed by atoms with Crippen LogP contribution < -0.4 is 4.90 Å². The van der Waals surface area contributed by atoms with Gasteiger partial charge in [0.05, 0.1) is 29.3 Å². The summed E-state index contributed by atoms with van der Waals surface area (Å²) < 4.78 is 32.4. The minimum atomic E-state index is -3.82. The number of anilines is 1. The van der Waals surface area contributed by atoms with Crippen LogP contribution in [0.1, 0.15) is 5.56 Å². The van der Waals surface area contributed by atoms with E-state index in [4.69, 9.17) is 27.9 Å². The summed E-state index contributed by atoms with van der Waals surface area (Å²) in [4.78, 5) is 6.71. The molecule has 0 saturated carbocycles. The highest BCUT2D eigenvalue weighted by atomic mass is 35.5. The standard InChI is InChI=1S/C20H18Cl2N2O3S/c1-13-2-4-15(11-17(13)22)28(25,26)19-12-23-18-10-14(21)3-5-16(18)20(19)24-6-8-27-9-7-24/h2-5,10-12H,6-9H2,1H3. The summed E-state index contributed by atoms with van der Waals surface area (Å²) in [6.45, 7) is 4.09. The lowest BCUT2D eigenvalue weighted by atomic mass is 10.1. The lowest BCUT2D eigenvalue weighted by Crippen LogP contribution is -2.37. The van der Waals surface area contributed by atoms with Gasteiger partial charge in [-0.1, -0.05) is 29.3 Å². The number of morpholine rings is 1. The molecule has 1 aliphatic rings. The van der Waals surface area contributed by atoms with E-state index < -0.39 is 9.84 Å². The Labute approximate surface area is 173 Å². The van der Waals surface area contributed by atoms with Crippen LogP contribution in [0.2, 0.25) is 10.0 Å². The molecule has 0 aliphatic carbocycles. The predicted octanol–water partition coefficient (Wildman–Crippen LogP) is 4.52. The molecule has 1 fully saturated rings. The molecule has 0 bridgehead atoms. The molecular formula is C20H18Cl2N2O3S. The van der Waals surface area contributed by atoms with Gasteiger partial charge in [0.1, 0.15) is 4.90 Å². The number of hydrogen-bond donors (Lipinski definition) is 0. The Morgan fingerprint density at radius 1 is 1.07 bits per heavy atom. The largest absolute Gasteiger partial charge is 0.378 e. The molecule has 28 heavy (non-hydrogen) atoms. The third-order valence-electron chi connectivity index (χ3n) is 4.84. The average molecular weight is 437 g/mol. The summed E-state index contributed by atoms with van der Waals surface area (Å²) in [7, 11) is -3.82. The molecule has 8 heteroatoms. The van der Waals surface area contributed by atoms with Gasteiger partial charge in [0.2, 0.25) is 9.84 Å². The van der Waals surface area contributed by atoms with Crippen LogP contribution in [-0.4, -0.2) is 39.7 Å². The number of pyridine rings is 1. The Balaban J connectivity index is 1.97. The molecule has 0 spiro atoms. The smallest absolute Gasteiger partial charge is 0.210 e. The Morgan fingerprint density at radius 2 is 1.82 bits per heavy atom. The van der Waals surface area contributed by atoms with Crippen molar-refractivity contribution < 1.29 is 13.2 Å². The molecule has 0 atom stereocenters. The fourth-order valence-electron chi connectivity index (χ4n) is 3.31. The van der Waals surface area contributed by atoms with Crippen LogP contribution >= 0.6 is 23.2 Å². The molecular weight excluding hydrogens is 419 g/mol. The molecule has 4 rings (SSSR count). The van der Waals surface area contributed by atoms with Crippen LogP contribution in [0, 0.1) is 6.92 Å². The zero-order chi connectivity index (χ0) is 19.9. The third-order valence-corrected chi connectivity index (χ3v) is 7.23. The number of hydrogen-bond acceptors (Lipinski definition) is 5. The second-order valence-electron chi connectivity index (χ2n) is 6.65. The van der Waals surface area contributed by atoms with Gasteiger partial charge in [0.25, 0.3) is 0 Å². The normalized spacial score (nSPS) is 15.2. The van der Waals surface area contributed by atoms with Gasteiger partial charge in [-0.2, -0.15) is 0 Å². The van der Waals surface area contributed by atoms with Crippen molar-refractivity contribution in [2.45, 2.75) is 16.7 Å². The van der Waals surface area contributed by atoms with Gasteiger partial charge in [-0.15, -0.1) is 0 Å². The number of rotatable bonds is 3. The first-order chi connectivity index (χ1) is 13.4. The van der Waals surface area contributed by atoms with Crippen LogP contribution in [0.5, 0.6) is 0 Å². The van der Waals surface area contributed by atoms with Gasteiger partial charge >= 0.3 is 0 Å². The molecule has 146 valence electrons. The summed E-state index contributed by atoms with van der Waals surface area (Å²) in [5.41, 5.74) is 2.09. The molecule has 5 nitrogen and oxygen atoms in total. The number of benzene rings is 2. The molecule has 1 saturated heterocycles. The van der Waals surface area contributed by atoms with E-state index >= 15 is 0 Å². The summed E-state index contributed by atoms with van der Waals surface area (Å²) in [6.07, 6.45) is 1.41. The first-order valence-corrected chi connectivity index (χ1v) is 11.0. The van der Waals surface area contributed by atoms with E-state index in [1.54, 1.807) is 24.3 Å². The highest BCUT2D eigenvalue weighted by Gasteiger charge is 2.28. The van der Waals surface area contributed by atoms with Crippen LogP contribution in [-0.2, 0) is 14.6 Å². The average Bonchev–Trinajstić information content (AvgIpc) is 2.69. The molecule has 0 radical (unpaired) electrons. The number of fused-ring (bicyclic) bond motifs is 1. The molecule has 0 unspecified atom stereocenters. The van der Waals surface area contributed by atoms with Crippen LogP contribution in [0.3, 0.4) is 0 Å². The molecule has 0 N–H and O–H groups in total. The fourth-order valence-corrected chi connectivity index (χ4v) is 5.18. The Morgan fingerprint density at radius 3 is 2.54 bits per heavy atom. The number of nitrogens with zero attached hydrogens (tertiary/aromatic N) is 2. The van der Waals surface area contributed by atoms with E-state index in [-0.39, 0.29) is 9.79 Å². The van der Waals surface area contributed by atoms with E-state index in [0.29, 0.717) is 47.6 Å². The van der Waals surface area contributed by atoms with Gasteiger partial charge in [-0.25, -0.2) is 8.42 Å². The topological polar surface area (TPSA) is 59.5 Å². The number of aryl methyl sites for hydroxylation is 1. The maximum Gasteiger partial charge on any atom is 0.210 e. The van der Waals surface area contributed by atoms with Gasteiger partial charge in [0, 0.05) is 34.7 Å². The van der Waals surface area contributed by atoms with Gasteiger partial charge in [-0.3, -0.25) is 4.98 Å². The number of aromatic nitrogens is 1. The van der Waals surface area contributed by atoms with Crippen molar-refractivity contribution in [1.29, 1.82) is 0 Å². The maximum atomic E-state index is 13.5. The van der Waals surface area contributed by atoms with E-state index in [1.165, 1.54) is 12.3 Å². The zero-order valence-electron chi connectivity index (χ0n) is 15.2. The summed E-state index contributed by atoms with van der Waals surface area (Å²) in [5, 5.41) is 1.70. The van der Waals surface area contributed by atoms with Crippen molar-refractivity contribution in [3.8, 4) is 0 Å². The van der Waals surface area contributed by atoms with Crippen LogP contribution in [0.4, 0.5) is 5.69 Å². The molecule has 1 aromatic heterocycles.